The van der Waals surface area contributed by atoms with Gasteiger partial charge in [0.1, 0.15) is 6.10 Å². The predicted molar refractivity (Wildman–Crippen MR) is 59.4 cm³/mol. The molecule has 16 heavy (non-hydrogen) atoms. The fourth-order valence-electron chi connectivity index (χ4n) is 1.77. The summed E-state index contributed by atoms with van der Waals surface area (Å²) in [7, 11) is 0. The summed E-state index contributed by atoms with van der Waals surface area (Å²) in [6.45, 7) is 6.96. The number of rotatable bonds is 1. The van der Waals surface area contributed by atoms with Gasteiger partial charge in [-0.15, -0.1) is 0 Å². The van der Waals surface area contributed by atoms with E-state index in [4.69, 9.17) is 9.84 Å². The normalized spacial score (nSPS) is 25.0. The van der Waals surface area contributed by atoms with Crippen LogP contribution in [-0.4, -0.2) is 53.1 Å². The van der Waals surface area contributed by atoms with Crippen molar-refractivity contribution in [2.75, 3.05) is 19.7 Å². The number of hydrogen-bond donors (Lipinski definition) is 2. The molecule has 5 heteroatoms. The second-order valence-corrected chi connectivity index (χ2v) is 5.30. The first-order valence-electron chi connectivity index (χ1n) is 5.60. The Hall–Kier alpha value is -0.810. The van der Waals surface area contributed by atoms with E-state index in [2.05, 4.69) is 0 Å². The Bertz CT molecular complexity index is 249. The van der Waals surface area contributed by atoms with Crippen molar-refractivity contribution in [3.8, 4) is 0 Å². The summed E-state index contributed by atoms with van der Waals surface area (Å²) >= 11 is 0. The highest BCUT2D eigenvalue weighted by Crippen LogP contribution is 2.25. The van der Waals surface area contributed by atoms with Crippen molar-refractivity contribution in [2.45, 2.75) is 39.4 Å². The van der Waals surface area contributed by atoms with Crippen molar-refractivity contribution >= 4 is 6.09 Å². The Labute approximate surface area is 96.0 Å². The Morgan fingerprint density at radius 2 is 2.12 bits per heavy atom. The van der Waals surface area contributed by atoms with Crippen molar-refractivity contribution in [3.05, 3.63) is 0 Å². The molecule has 1 saturated heterocycles. The average Bonchev–Trinajstić information content (AvgIpc) is 2.40. The van der Waals surface area contributed by atoms with Crippen LogP contribution in [0.2, 0.25) is 0 Å². The summed E-state index contributed by atoms with van der Waals surface area (Å²) in [5.41, 5.74) is -0.306. The highest BCUT2D eigenvalue weighted by atomic mass is 16.5. The van der Waals surface area contributed by atoms with Gasteiger partial charge in [0.2, 0.25) is 0 Å². The van der Waals surface area contributed by atoms with Gasteiger partial charge in [0.05, 0.1) is 12.6 Å². The Balaban J connectivity index is 2.68. The van der Waals surface area contributed by atoms with Crippen LogP contribution in [0.4, 0.5) is 4.79 Å². The third-order valence-electron chi connectivity index (χ3n) is 2.81. The minimum Gasteiger partial charge on any atom is -0.465 e. The van der Waals surface area contributed by atoms with Crippen LogP contribution in [0.15, 0.2) is 0 Å². The van der Waals surface area contributed by atoms with Crippen molar-refractivity contribution < 1.29 is 19.7 Å². The smallest absolute Gasteiger partial charge is 0.407 e. The number of amides is 1. The summed E-state index contributed by atoms with van der Waals surface area (Å²) in [6, 6.07) is 0. The third kappa shape index (κ3) is 3.35. The van der Waals surface area contributed by atoms with Crippen LogP contribution in [0.1, 0.15) is 27.2 Å². The fourth-order valence-corrected chi connectivity index (χ4v) is 1.77. The first-order chi connectivity index (χ1) is 7.32. The average molecular weight is 231 g/mol. The Kier molecular flexibility index (Phi) is 4.15. The fraction of sp³-hybridized carbons (Fsp3) is 0.909. The first kappa shape index (κ1) is 13.3. The highest BCUT2D eigenvalue weighted by Gasteiger charge is 2.34. The minimum atomic E-state index is -0.948. The van der Waals surface area contributed by atoms with E-state index in [9.17, 15) is 9.90 Å². The van der Waals surface area contributed by atoms with Gasteiger partial charge in [-0.2, -0.15) is 0 Å². The summed E-state index contributed by atoms with van der Waals surface area (Å²) in [5.74, 6) is 0. The summed E-state index contributed by atoms with van der Waals surface area (Å²) < 4.78 is 5.52. The number of aliphatic hydroxyl groups excluding tert-OH is 1. The van der Waals surface area contributed by atoms with Crippen LogP contribution < -0.4 is 0 Å². The molecule has 1 aliphatic heterocycles. The molecule has 1 aliphatic rings. The van der Waals surface area contributed by atoms with Crippen LogP contribution in [0.5, 0.6) is 0 Å². The molecule has 5 nitrogen and oxygen atoms in total. The molecule has 1 fully saturated rings. The molecule has 1 unspecified atom stereocenters. The lowest BCUT2D eigenvalue weighted by Gasteiger charge is -2.33. The molecule has 0 aromatic carbocycles. The van der Waals surface area contributed by atoms with Gasteiger partial charge in [0, 0.05) is 13.2 Å². The maximum absolute atomic E-state index is 10.9. The molecular formula is C11H21NO4. The SMILES string of the molecule is CC(C)(C)[C@H](O)C1CN(C(=O)O)CCCO1. The zero-order chi connectivity index (χ0) is 12.3. The van der Waals surface area contributed by atoms with E-state index in [0.29, 0.717) is 19.6 Å². The molecule has 1 amide bonds. The number of carboxylic acid groups (broad SMARTS) is 1. The zero-order valence-corrected chi connectivity index (χ0v) is 10.1. The van der Waals surface area contributed by atoms with E-state index in [1.54, 1.807) is 0 Å². The van der Waals surface area contributed by atoms with Crippen molar-refractivity contribution in [3.63, 3.8) is 0 Å². The number of hydrogen-bond acceptors (Lipinski definition) is 3. The standard InChI is InChI=1S/C11H21NO4/c1-11(2,3)9(13)8-7-12(10(14)15)5-4-6-16-8/h8-9,13H,4-7H2,1-3H3,(H,14,15)/t8?,9-/m1/s1. The molecule has 0 radical (unpaired) electrons. The zero-order valence-electron chi connectivity index (χ0n) is 10.1. The number of ether oxygens (including phenoxy) is 1. The van der Waals surface area contributed by atoms with Crippen LogP contribution >= 0.6 is 0 Å². The van der Waals surface area contributed by atoms with Crippen LogP contribution in [0.3, 0.4) is 0 Å². The lowest BCUT2D eigenvalue weighted by molar-refractivity contribution is -0.0801. The molecule has 0 saturated carbocycles. The molecule has 1 heterocycles. The van der Waals surface area contributed by atoms with Gasteiger partial charge in [-0.1, -0.05) is 20.8 Å². The van der Waals surface area contributed by atoms with E-state index in [1.165, 1.54) is 4.90 Å². The van der Waals surface area contributed by atoms with E-state index in [1.807, 2.05) is 20.8 Å². The lowest BCUT2D eigenvalue weighted by atomic mass is 9.85. The Morgan fingerprint density at radius 3 is 2.62 bits per heavy atom. The number of carbonyl (C=O) groups is 1. The summed E-state index contributed by atoms with van der Waals surface area (Å²) in [6.07, 6.45) is -1.36. The molecule has 94 valence electrons. The van der Waals surface area contributed by atoms with Crippen molar-refractivity contribution in [2.24, 2.45) is 5.41 Å². The van der Waals surface area contributed by atoms with Gasteiger partial charge < -0.3 is 19.8 Å². The van der Waals surface area contributed by atoms with Crippen molar-refractivity contribution in [1.82, 2.24) is 4.90 Å². The first-order valence-corrected chi connectivity index (χ1v) is 5.60. The highest BCUT2D eigenvalue weighted by molar-refractivity contribution is 5.65. The minimum absolute atomic E-state index is 0.244. The predicted octanol–water partition coefficient (Wildman–Crippen LogP) is 1.16. The molecule has 0 spiro atoms. The number of nitrogens with zero attached hydrogens (tertiary/aromatic N) is 1. The molecule has 1 rings (SSSR count). The van der Waals surface area contributed by atoms with Gasteiger partial charge in [-0.3, -0.25) is 0 Å². The summed E-state index contributed by atoms with van der Waals surface area (Å²) in [4.78, 5) is 12.2. The molecule has 0 aromatic rings. The van der Waals surface area contributed by atoms with Crippen LogP contribution in [0, 0.1) is 5.41 Å². The second kappa shape index (κ2) is 5.01. The monoisotopic (exact) mass is 231 g/mol. The summed E-state index contributed by atoms with van der Waals surface area (Å²) in [5, 5.41) is 19.0. The van der Waals surface area contributed by atoms with Gasteiger partial charge in [0.25, 0.3) is 0 Å². The van der Waals surface area contributed by atoms with Gasteiger partial charge in [-0.25, -0.2) is 4.79 Å². The molecule has 2 N–H and O–H groups in total. The third-order valence-corrected chi connectivity index (χ3v) is 2.81. The van der Waals surface area contributed by atoms with Crippen LogP contribution in [-0.2, 0) is 4.74 Å². The lowest BCUT2D eigenvalue weighted by Crippen LogP contribution is -2.46. The van der Waals surface area contributed by atoms with E-state index < -0.39 is 18.3 Å². The van der Waals surface area contributed by atoms with Gasteiger partial charge >= 0.3 is 6.09 Å². The molecular weight excluding hydrogens is 210 g/mol. The van der Waals surface area contributed by atoms with Crippen molar-refractivity contribution in [1.29, 1.82) is 0 Å². The molecule has 2 atom stereocenters. The van der Waals surface area contributed by atoms with Gasteiger partial charge in [0.15, 0.2) is 0 Å². The molecule has 0 bridgehead atoms. The van der Waals surface area contributed by atoms with E-state index in [0.717, 1.165) is 0 Å². The van der Waals surface area contributed by atoms with Gasteiger partial charge in [-0.05, 0) is 11.8 Å². The maximum Gasteiger partial charge on any atom is 0.407 e. The molecule has 0 aromatic heterocycles. The quantitative estimate of drug-likeness (QED) is 0.710. The van der Waals surface area contributed by atoms with E-state index >= 15 is 0 Å². The molecule has 0 aliphatic carbocycles. The van der Waals surface area contributed by atoms with E-state index in [-0.39, 0.29) is 12.0 Å². The second-order valence-electron chi connectivity index (χ2n) is 5.30. The largest absolute Gasteiger partial charge is 0.465 e. The topological polar surface area (TPSA) is 70.0 Å². The Morgan fingerprint density at radius 1 is 1.50 bits per heavy atom. The van der Waals surface area contributed by atoms with Crippen LogP contribution in [0.25, 0.3) is 0 Å². The number of aliphatic hydroxyl groups is 1. The maximum atomic E-state index is 10.9.